The molecule has 0 amide bonds. The molecule has 1 saturated heterocycles. The molecule has 2 rings (SSSR count). The zero-order valence-corrected chi connectivity index (χ0v) is 11.9. The molecule has 1 aromatic rings. The second-order valence-electron chi connectivity index (χ2n) is 5.13. The molecule has 1 aliphatic rings. The summed E-state index contributed by atoms with van der Waals surface area (Å²) in [5, 5.41) is 9.31. The van der Waals surface area contributed by atoms with E-state index in [4.69, 9.17) is 4.74 Å². The monoisotopic (exact) mass is 258 g/mol. The largest absolute Gasteiger partial charge is 0.497 e. The molecule has 0 bridgehead atoms. The Morgan fingerprint density at radius 1 is 1.42 bits per heavy atom. The van der Waals surface area contributed by atoms with Crippen LogP contribution in [0.15, 0.2) is 18.2 Å². The first-order valence-electron chi connectivity index (χ1n) is 7.15. The maximum absolute atomic E-state index is 9.31. The SMILES string of the molecule is CCCC1CCCCN1c1cc(OC)ccc1C#N. The maximum atomic E-state index is 9.31. The summed E-state index contributed by atoms with van der Waals surface area (Å²) < 4.78 is 5.30. The number of nitriles is 1. The minimum atomic E-state index is 0.568. The van der Waals surface area contributed by atoms with E-state index in [9.17, 15) is 5.26 Å². The third-order valence-electron chi connectivity index (χ3n) is 3.88. The van der Waals surface area contributed by atoms with Gasteiger partial charge in [0, 0.05) is 18.7 Å². The molecule has 0 aromatic heterocycles. The molecule has 1 atom stereocenters. The number of hydrogen-bond donors (Lipinski definition) is 0. The van der Waals surface area contributed by atoms with Gasteiger partial charge in [-0.1, -0.05) is 13.3 Å². The molecule has 0 saturated carbocycles. The molecular weight excluding hydrogens is 236 g/mol. The summed E-state index contributed by atoms with van der Waals surface area (Å²) in [6.07, 6.45) is 6.13. The molecule has 0 aliphatic carbocycles. The minimum absolute atomic E-state index is 0.568. The highest BCUT2D eigenvalue weighted by atomic mass is 16.5. The van der Waals surface area contributed by atoms with Gasteiger partial charge in [0.05, 0.1) is 18.4 Å². The van der Waals surface area contributed by atoms with E-state index in [0.717, 1.165) is 23.5 Å². The van der Waals surface area contributed by atoms with Crippen molar-refractivity contribution < 1.29 is 4.74 Å². The van der Waals surface area contributed by atoms with Gasteiger partial charge in [-0.05, 0) is 37.8 Å². The Kier molecular flexibility index (Phi) is 4.68. The van der Waals surface area contributed by atoms with Gasteiger partial charge in [-0.25, -0.2) is 0 Å². The average molecular weight is 258 g/mol. The van der Waals surface area contributed by atoms with E-state index >= 15 is 0 Å². The normalized spacial score (nSPS) is 19.0. The molecule has 1 aromatic carbocycles. The van der Waals surface area contributed by atoms with Crippen molar-refractivity contribution in [1.29, 1.82) is 5.26 Å². The maximum Gasteiger partial charge on any atom is 0.121 e. The molecule has 3 heteroatoms. The number of rotatable bonds is 4. The summed E-state index contributed by atoms with van der Waals surface area (Å²) in [5.74, 6) is 0.829. The van der Waals surface area contributed by atoms with Crippen molar-refractivity contribution in [3.05, 3.63) is 23.8 Å². The second-order valence-corrected chi connectivity index (χ2v) is 5.13. The van der Waals surface area contributed by atoms with E-state index in [-0.39, 0.29) is 0 Å². The first kappa shape index (κ1) is 13.7. The molecule has 0 radical (unpaired) electrons. The van der Waals surface area contributed by atoms with Gasteiger partial charge < -0.3 is 9.64 Å². The molecule has 1 fully saturated rings. The fraction of sp³-hybridized carbons (Fsp3) is 0.562. The zero-order chi connectivity index (χ0) is 13.7. The van der Waals surface area contributed by atoms with Crippen molar-refractivity contribution >= 4 is 5.69 Å². The predicted octanol–water partition coefficient (Wildman–Crippen LogP) is 3.73. The van der Waals surface area contributed by atoms with E-state index in [1.807, 2.05) is 18.2 Å². The quantitative estimate of drug-likeness (QED) is 0.825. The van der Waals surface area contributed by atoms with Gasteiger partial charge in [0.25, 0.3) is 0 Å². The summed E-state index contributed by atoms with van der Waals surface area (Å²) in [5.41, 5.74) is 1.80. The molecule has 0 N–H and O–H groups in total. The average Bonchev–Trinajstić information content (AvgIpc) is 2.47. The fourth-order valence-corrected chi connectivity index (χ4v) is 2.92. The van der Waals surface area contributed by atoms with Crippen LogP contribution in [0.5, 0.6) is 5.75 Å². The van der Waals surface area contributed by atoms with Crippen LogP contribution in [0.4, 0.5) is 5.69 Å². The van der Waals surface area contributed by atoms with Gasteiger partial charge in [-0.2, -0.15) is 5.26 Å². The van der Waals surface area contributed by atoms with Crippen LogP contribution in [-0.2, 0) is 0 Å². The molecule has 1 unspecified atom stereocenters. The Balaban J connectivity index is 2.34. The lowest BCUT2D eigenvalue weighted by Crippen LogP contribution is -2.39. The van der Waals surface area contributed by atoms with Crippen LogP contribution in [0.2, 0.25) is 0 Å². The zero-order valence-electron chi connectivity index (χ0n) is 11.9. The van der Waals surface area contributed by atoms with Crippen molar-refractivity contribution in [2.24, 2.45) is 0 Å². The lowest BCUT2D eigenvalue weighted by atomic mass is 9.96. The Labute approximate surface area is 115 Å². The topological polar surface area (TPSA) is 36.3 Å². The smallest absolute Gasteiger partial charge is 0.121 e. The Hall–Kier alpha value is -1.69. The summed E-state index contributed by atoms with van der Waals surface area (Å²) in [6.45, 7) is 3.27. The van der Waals surface area contributed by atoms with Gasteiger partial charge >= 0.3 is 0 Å². The summed E-state index contributed by atoms with van der Waals surface area (Å²) in [7, 11) is 1.67. The van der Waals surface area contributed by atoms with Crippen LogP contribution in [0.1, 0.15) is 44.6 Å². The van der Waals surface area contributed by atoms with Gasteiger partial charge in [0.2, 0.25) is 0 Å². The van der Waals surface area contributed by atoms with Crippen molar-refractivity contribution in [3.63, 3.8) is 0 Å². The minimum Gasteiger partial charge on any atom is -0.497 e. The molecule has 1 heterocycles. The summed E-state index contributed by atoms with van der Waals surface area (Å²) >= 11 is 0. The predicted molar refractivity (Wildman–Crippen MR) is 77.6 cm³/mol. The summed E-state index contributed by atoms with van der Waals surface area (Å²) in [4.78, 5) is 2.41. The third-order valence-corrected chi connectivity index (χ3v) is 3.88. The molecule has 19 heavy (non-hydrogen) atoms. The Morgan fingerprint density at radius 3 is 2.95 bits per heavy atom. The number of anilines is 1. The Morgan fingerprint density at radius 2 is 2.26 bits per heavy atom. The van der Waals surface area contributed by atoms with Gasteiger partial charge in [-0.15, -0.1) is 0 Å². The van der Waals surface area contributed by atoms with Crippen LogP contribution in [0.3, 0.4) is 0 Å². The van der Waals surface area contributed by atoms with Crippen LogP contribution in [-0.4, -0.2) is 19.7 Å². The van der Waals surface area contributed by atoms with E-state index in [0.29, 0.717) is 6.04 Å². The molecule has 3 nitrogen and oxygen atoms in total. The van der Waals surface area contributed by atoms with Crippen LogP contribution >= 0.6 is 0 Å². The van der Waals surface area contributed by atoms with Crippen molar-refractivity contribution in [3.8, 4) is 11.8 Å². The van der Waals surface area contributed by atoms with E-state index < -0.39 is 0 Å². The number of ether oxygens (including phenoxy) is 1. The fourth-order valence-electron chi connectivity index (χ4n) is 2.92. The lowest BCUT2D eigenvalue weighted by molar-refractivity contribution is 0.412. The van der Waals surface area contributed by atoms with Crippen molar-refractivity contribution in [1.82, 2.24) is 0 Å². The number of nitrogens with zero attached hydrogens (tertiary/aromatic N) is 2. The number of piperidine rings is 1. The molecule has 1 aliphatic heterocycles. The van der Waals surface area contributed by atoms with Crippen molar-refractivity contribution in [2.45, 2.75) is 45.1 Å². The Bertz CT molecular complexity index is 462. The molecule has 102 valence electrons. The number of benzene rings is 1. The van der Waals surface area contributed by atoms with Crippen LogP contribution in [0.25, 0.3) is 0 Å². The van der Waals surface area contributed by atoms with Crippen molar-refractivity contribution in [2.75, 3.05) is 18.6 Å². The number of hydrogen-bond acceptors (Lipinski definition) is 3. The molecule has 0 spiro atoms. The highest BCUT2D eigenvalue weighted by molar-refractivity contribution is 5.63. The van der Waals surface area contributed by atoms with Gasteiger partial charge in [-0.3, -0.25) is 0 Å². The van der Waals surface area contributed by atoms with E-state index in [1.165, 1.54) is 32.1 Å². The van der Waals surface area contributed by atoms with Crippen LogP contribution in [0, 0.1) is 11.3 Å². The highest BCUT2D eigenvalue weighted by Gasteiger charge is 2.24. The summed E-state index contributed by atoms with van der Waals surface area (Å²) in [6, 6.07) is 8.61. The van der Waals surface area contributed by atoms with E-state index in [2.05, 4.69) is 17.9 Å². The third kappa shape index (κ3) is 3.01. The first-order chi connectivity index (χ1) is 9.30. The standard InChI is InChI=1S/C16H22N2O/c1-3-6-14-7-4-5-10-18(14)16-11-15(19-2)9-8-13(16)12-17/h8-9,11,14H,3-7,10H2,1-2H3. The lowest BCUT2D eigenvalue weighted by Gasteiger charge is -2.38. The highest BCUT2D eigenvalue weighted by Crippen LogP contribution is 2.32. The second kappa shape index (κ2) is 6.47. The van der Waals surface area contributed by atoms with E-state index in [1.54, 1.807) is 7.11 Å². The molecular formula is C16H22N2O. The van der Waals surface area contributed by atoms with Gasteiger partial charge in [0.1, 0.15) is 11.8 Å². The van der Waals surface area contributed by atoms with Crippen LogP contribution < -0.4 is 9.64 Å². The van der Waals surface area contributed by atoms with Gasteiger partial charge in [0.15, 0.2) is 0 Å². The number of methoxy groups -OCH3 is 1. The first-order valence-corrected chi connectivity index (χ1v) is 7.15.